The van der Waals surface area contributed by atoms with Gasteiger partial charge >= 0.3 is 5.97 Å². The normalized spacial score (nSPS) is 18.8. The van der Waals surface area contributed by atoms with Crippen LogP contribution in [0.1, 0.15) is 25.1 Å². The molecule has 1 fully saturated rings. The van der Waals surface area contributed by atoms with Gasteiger partial charge in [0.05, 0.1) is 4.91 Å². The van der Waals surface area contributed by atoms with Crippen molar-refractivity contribution >= 4 is 57.6 Å². The number of thiocarbonyl (C=S) groups is 1. The lowest BCUT2D eigenvalue weighted by Gasteiger charge is -2.24. The van der Waals surface area contributed by atoms with Crippen molar-refractivity contribution < 1.29 is 14.7 Å². The zero-order valence-corrected chi connectivity index (χ0v) is 14.1. The Kier molecular flexibility index (Phi) is 5.18. The van der Waals surface area contributed by atoms with Crippen molar-refractivity contribution in [2.75, 3.05) is 0 Å². The van der Waals surface area contributed by atoms with Crippen LogP contribution >= 0.6 is 35.3 Å². The second-order valence-electron chi connectivity index (χ2n) is 5.05. The Hall–Kier alpha value is -1.18. The minimum atomic E-state index is -1.02. The molecular formula is C14H15NO3S3. The van der Waals surface area contributed by atoms with E-state index in [0.717, 1.165) is 4.88 Å². The first-order chi connectivity index (χ1) is 9.90. The Morgan fingerprint density at radius 3 is 2.76 bits per heavy atom. The highest BCUT2D eigenvalue weighted by molar-refractivity contribution is 8.26. The molecule has 1 aliphatic rings. The largest absolute Gasteiger partial charge is 0.480 e. The summed E-state index contributed by atoms with van der Waals surface area (Å²) < 4.78 is 0.316. The number of hydrogen-bond acceptors (Lipinski definition) is 5. The van der Waals surface area contributed by atoms with Crippen LogP contribution in [-0.4, -0.2) is 32.2 Å². The molecule has 1 amide bonds. The van der Waals surface area contributed by atoms with E-state index < -0.39 is 12.0 Å². The molecule has 0 unspecified atom stereocenters. The van der Waals surface area contributed by atoms with E-state index in [1.807, 2.05) is 31.4 Å². The molecule has 1 aromatic heterocycles. The highest BCUT2D eigenvalue weighted by atomic mass is 32.2. The Balaban J connectivity index is 2.27. The Morgan fingerprint density at radius 1 is 1.52 bits per heavy atom. The number of nitrogens with zero attached hydrogens (tertiary/aromatic N) is 1. The van der Waals surface area contributed by atoms with Gasteiger partial charge in [-0.3, -0.25) is 9.69 Å². The summed E-state index contributed by atoms with van der Waals surface area (Å²) in [6, 6.07) is 2.91. The number of rotatable bonds is 5. The van der Waals surface area contributed by atoms with Gasteiger partial charge in [-0.2, -0.15) is 0 Å². The summed E-state index contributed by atoms with van der Waals surface area (Å²) in [7, 11) is 0. The smallest absolute Gasteiger partial charge is 0.326 e. The lowest BCUT2D eigenvalue weighted by molar-refractivity contribution is -0.145. The van der Waals surface area contributed by atoms with Crippen LogP contribution in [-0.2, 0) is 9.59 Å². The molecule has 0 spiro atoms. The number of hydrogen-bond donors (Lipinski definition) is 1. The van der Waals surface area contributed by atoms with Crippen molar-refractivity contribution in [3.63, 3.8) is 0 Å². The van der Waals surface area contributed by atoms with E-state index >= 15 is 0 Å². The van der Waals surface area contributed by atoms with E-state index in [1.54, 1.807) is 6.08 Å². The van der Waals surface area contributed by atoms with Gasteiger partial charge in [-0.1, -0.05) is 43.9 Å². The first-order valence-electron chi connectivity index (χ1n) is 6.43. The van der Waals surface area contributed by atoms with Crippen molar-refractivity contribution in [1.82, 2.24) is 4.90 Å². The second-order valence-corrected chi connectivity index (χ2v) is 7.71. The summed E-state index contributed by atoms with van der Waals surface area (Å²) in [5, 5.41) is 11.3. The highest BCUT2D eigenvalue weighted by Crippen LogP contribution is 2.35. The summed E-state index contributed by atoms with van der Waals surface area (Å²) in [5.41, 5.74) is 0. The lowest BCUT2D eigenvalue weighted by Crippen LogP contribution is -2.44. The SMILES string of the molecule is CC(C)C[C@H](C(=O)O)N1C(=O)C(=Cc2cccs2)SC1=S. The number of carbonyl (C=O) groups is 2. The summed E-state index contributed by atoms with van der Waals surface area (Å²) in [5.74, 6) is -1.17. The van der Waals surface area contributed by atoms with Crippen molar-refractivity contribution in [2.45, 2.75) is 26.3 Å². The first kappa shape index (κ1) is 16.2. The number of amides is 1. The van der Waals surface area contributed by atoms with Crippen molar-refractivity contribution in [3.8, 4) is 0 Å². The van der Waals surface area contributed by atoms with Gasteiger partial charge in [0.25, 0.3) is 5.91 Å². The van der Waals surface area contributed by atoms with Crippen LogP contribution in [0, 0.1) is 5.92 Å². The van der Waals surface area contributed by atoms with Crippen molar-refractivity contribution in [1.29, 1.82) is 0 Å². The topological polar surface area (TPSA) is 57.6 Å². The summed E-state index contributed by atoms with van der Waals surface area (Å²) in [6.45, 7) is 3.85. The van der Waals surface area contributed by atoms with E-state index in [0.29, 0.717) is 15.6 Å². The average Bonchev–Trinajstić information content (AvgIpc) is 2.97. The molecule has 1 aromatic rings. The number of aliphatic carboxylic acids is 1. The van der Waals surface area contributed by atoms with Gasteiger partial charge in [0, 0.05) is 4.88 Å². The van der Waals surface area contributed by atoms with Crippen molar-refractivity contribution in [2.24, 2.45) is 5.92 Å². The molecule has 0 aromatic carbocycles. The Bertz CT molecular complexity index is 593. The maximum atomic E-state index is 12.5. The number of carboxylic acid groups (broad SMARTS) is 1. The van der Waals surface area contributed by atoms with Gasteiger partial charge in [0.1, 0.15) is 10.4 Å². The molecule has 1 aliphatic heterocycles. The monoisotopic (exact) mass is 341 g/mol. The van der Waals surface area contributed by atoms with E-state index in [4.69, 9.17) is 12.2 Å². The van der Waals surface area contributed by atoms with Gasteiger partial charge in [0.15, 0.2) is 0 Å². The van der Waals surface area contributed by atoms with Gasteiger partial charge < -0.3 is 5.11 Å². The second kappa shape index (κ2) is 6.72. The fraction of sp³-hybridized carbons (Fsp3) is 0.357. The number of thiophene rings is 1. The van der Waals surface area contributed by atoms with E-state index in [2.05, 4.69) is 0 Å². The molecule has 2 heterocycles. The lowest BCUT2D eigenvalue weighted by atomic mass is 10.0. The quantitative estimate of drug-likeness (QED) is 0.657. The minimum absolute atomic E-state index is 0.164. The maximum absolute atomic E-state index is 12.5. The Morgan fingerprint density at radius 2 is 2.24 bits per heavy atom. The zero-order chi connectivity index (χ0) is 15.6. The van der Waals surface area contributed by atoms with Crippen LogP contribution in [0.15, 0.2) is 22.4 Å². The predicted octanol–water partition coefficient (Wildman–Crippen LogP) is 3.45. The molecule has 4 nitrogen and oxygen atoms in total. The van der Waals surface area contributed by atoms with Crippen molar-refractivity contribution in [3.05, 3.63) is 27.3 Å². The molecule has 0 saturated carbocycles. The van der Waals surface area contributed by atoms with Crippen LogP contribution in [0.4, 0.5) is 0 Å². The van der Waals surface area contributed by atoms with Gasteiger partial charge in [-0.05, 0) is 29.9 Å². The number of thioether (sulfide) groups is 1. The van der Waals surface area contributed by atoms with E-state index in [1.165, 1.54) is 28.0 Å². The Labute approximate surface area is 136 Å². The third kappa shape index (κ3) is 3.72. The zero-order valence-electron chi connectivity index (χ0n) is 11.6. The molecule has 1 saturated heterocycles. The maximum Gasteiger partial charge on any atom is 0.326 e. The summed E-state index contributed by atoms with van der Waals surface area (Å²) in [4.78, 5) is 26.6. The van der Waals surface area contributed by atoms with Crippen LogP contribution < -0.4 is 0 Å². The molecule has 7 heteroatoms. The van der Waals surface area contributed by atoms with Crippen LogP contribution in [0.25, 0.3) is 6.08 Å². The molecule has 21 heavy (non-hydrogen) atoms. The number of carboxylic acids is 1. The molecule has 2 rings (SSSR count). The average molecular weight is 341 g/mol. The molecule has 0 aliphatic carbocycles. The van der Waals surface area contributed by atoms with E-state index in [9.17, 15) is 14.7 Å². The molecule has 0 bridgehead atoms. The standard InChI is InChI=1S/C14H15NO3S3/c1-8(2)6-10(13(17)18)15-12(16)11(21-14(15)19)7-9-4-3-5-20-9/h3-5,7-8,10H,6H2,1-2H3,(H,17,18)/t10-/m1/s1. The minimum Gasteiger partial charge on any atom is -0.480 e. The fourth-order valence-corrected chi connectivity index (χ4v) is 4.09. The molecule has 112 valence electrons. The number of carbonyl (C=O) groups excluding carboxylic acids is 1. The van der Waals surface area contributed by atoms with E-state index in [-0.39, 0.29) is 11.8 Å². The fourth-order valence-electron chi connectivity index (χ4n) is 2.01. The van der Waals surface area contributed by atoms with Gasteiger partial charge in [0.2, 0.25) is 0 Å². The third-order valence-electron chi connectivity index (χ3n) is 2.93. The summed E-state index contributed by atoms with van der Waals surface area (Å²) >= 11 is 7.89. The van der Waals surface area contributed by atoms with Crippen LogP contribution in [0.5, 0.6) is 0 Å². The molecule has 1 atom stereocenters. The van der Waals surface area contributed by atoms with Crippen LogP contribution in [0.3, 0.4) is 0 Å². The predicted molar refractivity (Wildman–Crippen MR) is 90.2 cm³/mol. The molecule has 0 radical (unpaired) electrons. The highest BCUT2D eigenvalue weighted by Gasteiger charge is 2.40. The van der Waals surface area contributed by atoms with Crippen LogP contribution in [0.2, 0.25) is 0 Å². The first-order valence-corrected chi connectivity index (χ1v) is 8.54. The summed E-state index contributed by atoms with van der Waals surface area (Å²) in [6.07, 6.45) is 2.15. The molecular weight excluding hydrogens is 326 g/mol. The molecule has 1 N–H and O–H groups in total. The van der Waals surface area contributed by atoms with Gasteiger partial charge in [-0.25, -0.2) is 4.79 Å². The van der Waals surface area contributed by atoms with Gasteiger partial charge in [-0.15, -0.1) is 11.3 Å². The third-order valence-corrected chi connectivity index (χ3v) is 5.08.